The van der Waals surface area contributed by atoms with Crippen LogP contribution in [0.15, 0.2) is 59.5 Å². The first-order valence-corrected chi connectivity index (χ1v) is 5.63. The summed E-state index contributed by atoms with van der Waals surface area (Å²) in [5.41, 5.74) is 2.81. The van der Waals surface area contributed by atoms with Crippen LogP contribution in [-0.2, 0) is 0 Å². The lowest BCUT2D eigenvalue weighted by molar-refractivity contribution is 1.11. The highest BCUT2D eigenvalue weighted by molar-refractivity contribution is 7.99. The molecule has 1 atom stereocenters. The van der Waals surface area contributed by atoms with Crippen molar-refractivity contribution < 1.29 is 0 Å². The average Bonchev–Trinajstić information content (AvgIpc) is 2.32. The number of hydrogen-bond acceptors (Lipinski definition) is 1. The molecule has 4 rings (SSSR count). The Morgan fingerprint density at radius 3 is 1.93 bits per heavy atom. The zero-order valence-electron chi connectivity index (χ0n) is 7.68. The van der Waals surface area contributed by atoms with Crippen LogP contribution in [0.5, 0.6) is 0 Å². The van der Waals surface area contributed by atoms with Crippen molar-refractivity contribution >= 4 is 11.8 Å². The molecular weight excluding hydrogens is 188 g/mol. The van der Waals surface area contributed by atoms with E-state index in [2.05, 4.69) is 54.6 Å². The Balaban J connectivity index is 2.05. The summed E-state index contributed by atoms with van der Waals surface area (Å²) in [7, 11) is 0. The van der Waals surface area contributed by atoms with Gasteiger partial charge in [0.05, 0.1) is 5.25 Å². The van der Waals surface area contributed by atoms with E-state index in [1.54, 1.807) is 0 Å². The zero-order valence-corrected chi connectivity index (χ0v) is 8.50. The standard InChI is InChI=1S/C13H10S/c1-2-4-10(5-3-1)13-11-6-8-12(14-13)9-7-11/h1-9,13H. The molecule has 0 saturated heterocycles. The van der Waals surface area contributed by atoms with E-state index in [-0.39, 0.29) is 0 Å². The average molecular weight is 198 g/mol. The molecule has 1 heteroatoms. The van der Waals surface area contributed by atoms with E-state index in [0.717, 1.165) is 0 Å². The molecule has 0 aliphatic carbocycles. The van der Waals surface area contributed by atoms with Gasteiger partial charge < -0.3 is 0 Å². The molecule has 0 radical (unpaired) electrons. The van der Waals surface area contributed by atoms with Crippen molar-refractivity contribution in [1.29, 1.82) is 0 Å². The summed E-state index contributed by atoms with van der Waals surface area (Å²) in [4.78, 5) is 1.37. The van der Waals surface area contributed by atoms with Crippen LogP contribution in [0.2, 0.25) is 0 Å². The van der Waals surface area contributed by atoms with Gasteiger partial charge in [-0.3, -0.25) is 0 Å². The topological polar surface area (TPSA) is 0 Å². The molecule has 68 valence electrons. The molecule has 14 heavy (non-hydrogen) atoms. The lowest BCUT2D eigenvalue weighted by atomic mass is 10.0. The third-order valence-electron chi connectivity index (χ3n) is 2.54. The maximum absolute atomic E-state index is 2.23. The van der Waals surface area contributed by atoms with Gasteiger partial charge in [0.1, 0.15) is 0 Å². The SMILES string of the molecule is c1ccc(C2Sc3ccc2cc3)cc1. The van der Waals surface area contributed by atoms with Crippen molar-refractivity contribution in [3.8, 4) is 0 Å². The molecule has 2 aliphatic heterocycles. The molecule has 0 nitrogen and oxygen atoms in total. The molecule has 1 unspecified atom stereocenters. The van der Waals surface area contributed by atoms with Crippen LogP contribution in [0, 0.1) is 0 Å². The van der Waals surface area contributed by atoms with Gasteiger partial charge in [0.2, 0.25) is 0 Å². The largest absolute Gasteiger partial charge is 0.113 e. The maximum atomic E-state index is 2.23. The van der Waals surface area contributed by atoms with E-state index in [9.17, 15) is 0 Å². The van der Waals surface area contributed by atoms with Crippen molar-refractivity contribution in [3.63, 3.8) is 0 Å². The van der Waals surface area contributed by atoms with Crippen molar-refractivity contribution in [3.05, 3.63) is 65.7 Å². The molecular formula is C13H10S. The summed E-state index contributed by atoms with van der Waals surface area (Å²) in [6.07, 6.45) is 0. The van der Waals surface area contributed by atoms with Crippen molar-refractivity contribution in [2.75, 3.05) is 0 Å². The molecule has 2 aliphatic rings. The monoisotopic (exact) mass is 198 g/mol. The predicted octanol–water partition coefficient (Wildman–Crippen LogP) is 3.88. The molecule has 0 fully saturated rings. The van der Waals surface area contributed by atoms with Gasteiger partial charge in [-0.05, 0) is 23.3 Å². The first-order valence-electron chi connectivity index (χ1n) is 4.75. The third-order valence-corrected chi connectivity index (χ3v) is 3.86. The van der Waals surface area contributed by atoms with Crippen LogP contribution < -0.4 is 0 Å². The zero-order chi connectivity index (χ0) is 9.38. The second-order valence-corrected chi connectivity index (χ2v) is 4.66. The Kier molecular flexibility index (Phi) is 1.84. The minimum absolute atomic E-state index is 0.515. The van der Waals surface area contributed by atoms with Gasteiger partial charge in [0, 0.05) is 4.90 Å². The van der Waals surface area contributed by atoms with E-state index in [0.29, 0.717) is 5.25 Å². The fraction of sp³-hybridized carbons (Fsp3) is 0.0769. The Morgan fingerprint density at radius 2 is 1.36 bits per heavy atom. The summed E-state index contributed by atoms with van der Waals surface area (Å²) in [5.74, 6) is 0. The highest BCUT2D eigenvalue weighted by atomic mass is 32.2. The Bertz CT molecular complexity index is 431. The summed E-state index contributed by atoms with van der Waals surface area (Å²) in [5, 5.41) is 0.515. The van der Waals surface area contributed by atoms with Crippen molar-refractivity contribution in [2.24, 2.45) is 0 Å². The Morgan fingerprint density at radius 1 is 0.714 bits per heavy atom. The molecule has 0 spiro atoms. The van der Waals surface area contributed by atoms with E-state index in [4.69, 9.17) is 0 Å². The van der Waals surface area contributed by atoms with Crippen molar-refractivity contribution in [2.45, 2.75) is 10.1 Å². The molecule has 0 saturated carbocycles. The molecule has 0 N–H and O–H groups in total. The van der Waals surface area contributed by atoms with Crippen LogP contribution in [0.3, 0.4) is 0 Å². The highest BCUT2D eigenvalue weighted by Gasteiger charge is 2.19. The first-order chi connectivity index (χ1) is 6.93. The molecule has 2 heterocycles. The number of rotatable bonds is 1. The first kappa shape index (κ1) is 8.13. The number of hydrogen-bond donors (Lipinski definition) is 0. The maximum Gasteiger partial charge on any atom is 0.0593 e. The van der Waals surface area contributed by atoms with Gasteiger partial charge in [-0.1, -0.05) is 42.5 Å². The lowest BCUT2D eigenvalue weighted by Crippen LogP contribution is -2.00. The van der Waals surface area contributed by atoms with Gasteiger partial charge in [-0.25, -0.2) is 0 Å². The van der Waals surface area contributed by atoms with Crippen LogP contribution in [0.25, 0.3) is 0 Å². The Hall–Kier alpha value is -1.21. The third kappa shape index (κ3) is 1.25. The van der Waals surface area contributed by atoms with E-state index in [1.165, 1.54) is 16.0 Å². The van der Waals surface area contributed by atoms with Crippen LogP contribution >= 0.6 is 11.8 Å². The van der Waals surface area contributed by atoms with Crippen LogP contribution in [0.1, 0.15) is 16.4 Å². The number of benzene rings is 2. The fourth-order valence-corrected chi connectivity index (χ4v) is 2.97. The lowest BCUT2D eigenvalue weighted by Gasteiger charge is -2.22. The molecule has 2 aromatic rings. The quantitative estimate of drug-likeness (QED) is 0.670. The molecule has 2 aromatic carbocycles. The minimum Gasteiger partial charge on any atom is -0.113 e. The van der Waals surface area contributed by atoms with Crippen molar-refractivity contribution in [1.82, 2.24) is 0 Å². The smallest absolute Gasteiger partial charge is 0.0593 e. The fourth-order valence-electron chi connectivity index (χ4n) is 1.81. The second-order valence-electron chi connectivity index (χ2n) is 3.48. The highest BCUT2D eigenvalue weighted by Crippen LogP contribution is 2.44. The normalized spacial score (nSPS) is 18.4. The number of thioether (sulfide) groups is 1. The summed E-state index contributed by atoms with van der Waals surface area (Å²) in [6.45, 7) is 0. The molecule has 2 bridgehead atoms. The predicted molar refractivity (Wildman–Crippen MR) is 60.6 cm³/mol. The van der Waals surface area contributed by atoms with Gasteiger partial charge in [-0.15, -0.1) is 11.8 Å². The van der Waals surface area contributed by atoms with E-state index in [1.807, 2.05) is 11.8 Å². The Labute approximate surface area is 88.0 Å². The second kappa shape index (κ2) is 3.18. The minimum atomic E-state index is 0.515. The van der Waals surface area contributed by atoms with E-state index < -0.39 is 0 Å². The summed E-state index contributed by atoms with van der Waals surface area (Å²) >= 11 is 1.94. The summed E-state index contributed by atoms with van der Waals surface area (Å²) in [6, 6.07) is 19.5. The molecule has 0 aromatic heterocycles. The van der Waals surface area contributed by atoms with Gasteiger partial charge >= 0.3 is 0 Å². The van der Waals surface area contributed by atoms with Crippen LogP contribution in [0.4, 0.5) is 0 Å². The molecule has 0 amide bonds. The van der Waals surface area contributed by atoms with Gasteiger partial charge in [0.25, 0.3) is 0 Å². The van der Waals surface area contributed by atoms with Gasteiger partial charge in [0.15, 0.2) is 0 Å². The number of fused-ring (bicyclic) bond motifs is 3. The summed E-state index contributed by atoms with van der Waals surface area (Å²) < 4.78 is 0. The van der Waals surface area contributed by atoms with Crippen LogP contribution in [-0.4, -0.2) is 0 Å². The van der Waals surface area contributed by atoms with Gasteiger partial charge in [-0.2, -0.15) is 0 Å². The van der Waals surface area contributed by atoms with E-state index >= 15 is 0 Å².